The molecule has 108 valence electrons. The van der Waals surface area contributed by atoms with E-state index < -0.39 is 5.92 Å². The second kappa shape index (κ2) is 4.10. The number of H-pyrrole nitrogens is 1. The minimum atomic E-state index is -2.62. The number of rotatable bonds is 2. The van der Waals surface area contributed by atoms with Gasteiger partial charge in [0.05, 0.1) is 0 Å². The van der Waals surface area contributed by atoms with E-state index >= 15 is 0 Å². The van der Waals surface area contributed by atoms with Gasteiger partial charge in [0.25, 0.3) is 5.56 Å². The van der Waals surface area contributed by atoms with Crippen LogP contribution in [0.2, 0.25) is 0 Å². The monoisotopic (exact) mass is 282 g/mol. The summed E-state index contributed by atoms with van der Waals surface area (Å²) >= 11 is 0. The minimum Gasteiger partial charge on any atom is -0.327 e. The molecule has 1 aliphatic carbocycles. The first-order valence-electron chi connectivity index (χ1n) is 6.66. The van der Waals surface area contributed by atoms with Crippen LogP contribution in [0.5, 0.6) is 0 Å². The van der Waals surface area contributed by atoms with Crippen LogP contribution in [0.4, 0.5) is 8.78 Å². The summed E-state index contributed by atoms with van der Waals surface area (Å²) < 4.78 is 27.0. The summed E-state index contributed by atoms with van der Waals surface area (Å²) in [6, 6.07) is 0. The maximum absolute atomic E-state index is 12.9. The number of aromatic amines is 1. The summed E-state index contributed by atoms with van der Waals surface area (Å²) in [4.78, 5) is 19.6. The molecule has 2 aromatic rings. The van der Waals surface area contributed by atoms with Crippen molar-refractivity contribution in [3.63, 3.8) is 0 Å². The normalized spacial score (nSPS) is 18.7. The van der Waals surface area contributed by atoms with E-state index in [1.807, 2.05) is 20.8 Å². The van der Waals surface area contributed by atoms with E-state index in [1.165, 1.54) is 4.52 Å². The van der Waals surface area contributed by atoms with E-state index in [0.29, 0.717) is 17.2 Å². The number of aromatic nitrogens is 4. The van der Waals surface area contributed by atoms with Crippen LogP contribution in [-0.2, 0) is 0 Å². The quantitative estimate of drug-likeness (QED) is 0.919. The van der Waals surface area contributed by atoms with Gasteiger partial charge in [-0.15, -0.1) is 5.10 Å². The van der Waals surface area contributed by atoms with Crippen LogP contribution in [0, 0.1) is 6.92 Å². The Morgan fingerprint density at radius 1 is 1.40 bits per heavy atom. The molecule has 5 nitrogen and oxygen atoms in total. The molecule has 2 aromatic heterocycles. The number of halogens is 2. The third kappa shape index (κ3) is 1.92. The molecular weight excluding hydrogens is 266 g/mol. The molecule has 1 N–H and O–H groups in total. The molecule has 7 heteroatoms. The van der Waals surface area contributed by atoms with Gasteiger partial charge in [0.15, 0.2) is 5.82 Å². The maximum Gasteiger partial charge on any atom is 0.279 e. The highest BCUT2D eigenvalue weighted by Gasteiger charge is 2.47. The van der Waals surface area contributed by atoms with Gasteiger partial charge in [-0.1, -0.05) is 13.8 Å². The number of nitrogens with zero attached hydrogens (tertiary/aromatic N) is 3. The lowest BCUT2D eigenvalue weighted by Crippen LogP contribution is -2.34. The highest BCUT2D eigenvalue weighted by molar-refractivity contribution is 5.34. The lowest BCUT2D eigenvalue weighted by atomic mass is 9.81. The standard InChI is InChI=1S/C13H16F2N4O/c1-6(2)9-7(3)16-12-17-10(18-19(12)11(9)20)8-4-13(14,15)5-8/h6,8H,4-5H2,1-3H3,(H,16,17,18). The van der Waals surface area contributed by atoms with Crippen LogP contribution >= 0.6 is 0 Å². The van der Waals surface area contributed by atoms with Crippen molar-refractivity contribution in [2.75, 3.05) is 0 Å². The molecule has 0 bridgehead atoms. The van der Waals surface area contributed by atoms with Crippen molar-refractivity contribution in [1.29, 1.82) is 0 Å². The van der Waals surface area contributed by atoms with Crippen LogP contribution < -0.4 is 5.56 Å². The molecule has 0 amide bonds. The third-order valence-electron chi connectivity index (χ3n) is 3.78. The Morgan fingerprint density at radius 2 is 2.05 bits per heavy atom. The third-order valence-corrected chi connectivity index (χ3v) is 3.78. The van der Waals surface area contributed by atoms with Crippen molar-refractivity contribution < 1.29 is 8.78 Å². The molecule has 0 aromatic carbocycles. The zero-order chi connectivity index (χ0) is 14.7. The van der Waals surface area contributed by atoms with E-state index in [1.54, 1.807) is 0 Å². The van der Waals surface area contributed by atoms with Gasteiger partial charge < -0.3 is 4.98 Å². The summed E-state index contributed by atoms with van der Waals surface area (Å²) in [6.07, 6.45) is -0.484. The molecule has 1 aliphatic rings. The predicted molar refractivity (Wildman–Crippen MR) is 69.4 cm³/mol. The minimum absolute atomic E-state index is 0.0591. The number of fused-ring (bicyclic) bond motifs is 1. The van der Waals surface area contributed by atoms with Crippen LogP contribution in [-0.4, -0.2) is 25.5 Å². The molecule has 0 saturated heterocycles. The molecule has 1 saturated carbocycles. The maximum atomic E-state index is 12.9. The Labute approximate surface area is 114 Å². The number of aryl methyl sites for hydroxylation is 1. The molecule has 3 rings (SSSR count). The van der Waals surface area contributed by atoms with Gasteiger partial charge in [-0.3, -0.25) is 4.79 Å². The number of alkyl halides is 2. The number of nitrogens with one attached hydrogen (secondary N) is 1. The van der Waals surface area contributed by atoms with Crippen LogP contribution in [0.25, 0.3) is 5.78 Å². The molecule has 20 heavy (non-hydrogen) atoms. The Hall–Kier alpha value is -1.79. The molecule has 2 heterocycles. The molecule has 0 atom stereocenters. The van der Waals surface area contributed by atoms with Crippen molar-refractivity contribution in [1.82, 2.24) is 19.6 Å². The summed E-state index contributed by atoms with van der Waals surface area (Å²) in [5.41, 5.74) is 1.17. The van der Waals surface area contributed by atoms with Crippen LogP contribution in [0.3, 0.4) is 0 Å². The van der Waals surface area contributed by atoms with Gasteiger partial charge >= 0.3 is 0 Å². The summed E-state index contributed by atoms with van der Waals surface area (Å²) in [5.74, 6) is -2.28. The second-order valence-corrected chi connectivity index (χ2v) is 5.79. The molecule has 0 aliphatic heterocycles. The fourth-order valence-electron chi connectivity index (χ4n) is 2.76. The molecule has 0 spiro atoms. The smallest absolute Gasteiger partial charge is 0.279 e. The number of hydrogen-bond donors (Lipinski definition) is 1. The highest BCUT2D eigenvalue weighted by atomic mass is 19.3. The van der Waals surface area contributed by atoms with Gasteiger partial charge in [-0.2, -0.15) is 9.50 Å². The second-order valence-electron chi connectivity index (χ2n) is 5.79. The summed E-state index contributed by atoms with van der Waals surface area (Å²) in [6.45, 7) is 5.66. The molecule has 1 fully saturated rings. The topological polar surface area (TPSA) is 63.1 Å². The van der Waals surface area contributed by atoms with Gasteiger partial charge in [0.1, 0.15) is 0 Å². The molecule has 0 radical (unpaired) electrons. The van der Waals surface area contributed by atoms with E-state index in [4.69, 9.17) is 0 Å². The van der Waals surface area contributed by atoms with Crippen molar-refractivity contribution in [2.24, 2.45) is 0 Å². The van der Waals surface area contributed by atoms with Gasteiger partial charge in [0, 0.05) is 30.0 Å². The van der Waals surface area contributed by atoms with Crippen LogP contribution in [0.1, 0.15) is 55.6 Å². The first-order chi connectivity index (χ1) is 9.28. The Kier molecular flexibility index (Phi) is 2.71. The lowest BCUT2D eigenvalue weighted by Gasteiger charge is -2.32. The average molecular weight is 282 g/mol. The van der Waals surface area contributed by atoms with Crippen molar-refractivity contribution in [3.05, 3.63) is 27.4 Å². The number of hydrogen-bond acceptors (Lipinski definition) is 3. The Balaban J connectivity index is 2.08. The van der Waals surface area contributed by atoms with Crippen molar-refractivity contribution in [2.45, 2.75) is 51.4 Å². The summed E-state index contributed by atoms with van der Waals surface area (Å²) in [7, 11) is 0. The van der Waals surface area contributed by atoms with E-state index in [-0.39, 0.29) is 30.2 Å². The highest BCUT2D eigenvalue weighted by Crippen LogP contribution is 2.47. The van der Waals surface area contributed by atoms with Gasteiger partial charge in [0.2, 0.25) is 11.7 Å². The van der Waals surface area contributed by atoms with Gasteiger partial charge in [-0.05, 0) is 12.8 Å². The average Bonchev–Trinajstić information content (AvgIpc) is 2.68. The lowest BCUT2D eigenvalue weighted by molar-refractivity contribution is -0.0884. The SMILES string of the molecule is Cc1[nH]c2nc(C3CC(F)(F)C3)nn2c(=O)c1C(C)C. The summed E-state index contributed by atoms with van der Waals surface area (Å²) in [5, 5.41) is 4.11. The fraction of sp³-hybridized carbons (Fsp3) is 0.615. The van der Waals surface area contributed by atoms with E-state index in [2.05, 4.69) is 15.1 Å². The van der Waals surface area contributed by atoms with E-state index in [0.717, 1.165) is 5.69 Å². The zero-order valence-electron chi connectivity index (χ0n) is 11.6. The largest absolute Gasteiger partial charge is 0.327 e. The zero-order valence-corrected chi connectivity index (χ0v) is 11.6. The molecule has 0 unspecified atom stereocenters. The van der Waals surface area contributed by atoms with Gasteiger partial charge in [-0.25, -0.2) is 8.78 Å². The predicted octanol–water partition coefficient (Wildman–Crippen LogP) is 2.36. The van der Waals surface area contributed by atoms with Crippen LogP contribution in [0.15, 0.2) is 4.79 Å². The first kappa shape index (κ1) is 13.2. The van der Waals surface area contributed by atoms with Crippen molar-refractivity contribution in [3.8, 4) is 0 Å². The van der Waals surface area contributed by atoms with Crippen molar-refractivity contribution >= 4 is 5.78 Å². The molecular formula is C13H16F2N4O. The Bertz CT molecular complexity index is 724. The van der Waals surface area contributed by atoms with E-state index in [9.17, 15) is 13.6 Å². The Morgan fingerprint density at radius 3 is 2.60 bits per heavy atom. The fourth-order valence-corrected chi connectivity index (χ4v) is 2.76. The first-order valence-corrected chi connectivity index (χ1v) is 6.66.